The van der Waals surface area contributed by atoms with E-state index in [9.17, 15) is 210 Å². The molecule has 88 heavy (non-hydrogen) atoms. The molecule has 0 spiro atoms. The number of rotatable bonds is 30. The summed E-state index contributed by atoms with van der Waals surface area (Å²) in [6.45, 7) is -14.6. The van der Waals surface area contributed by atoms with Crippen LogP contribution in [0.3, 0.4) is 0 Å². The number of alkyl halides is 42. The monoisotopic (exact) mass is 1460 g/mol. The van der Waals surface area contributed by atoms with Gasteiger partial charge in [0, 0.05) is 5.39 Å². The Bertz CT molecular complexity index is 3230. The average molecular weight is 1460 g/mol. The molecule has 0 unspecified atom stereocenters. The van der Waals surface area contributed by atoms with Crippen LogP contribution in [0.1, 0.15) is 0 Å². The number of hydrogen-bond acceptors (Lipinski definition) is 9. The maximum Gasteiger partial charge on any atom is 0.384 e. The fourth-order valence-electron chi connectivity index (χ4n) is 5.76. The van der Waals surface area contributed by atoms with E-state index in [1.807, 2.05) is 0 Å². The van der Waals surface area contributed by atoms with Gasteiger partial charge in [-0.25, -0.2) is 26.3 Å². The molecule has 516 valence electrons. The predicted molar refractivity (Wildman–Crippen MR) is 190 cm³/mol. The van der Waals surface area contributed by atoms with Gasteiger partial charge in [0.15, 0.2) is 0 Å². The highest BCUT2D eigenvalue weighted by atomic mass is 32.2. The molecule has 0 saturated carbocycles. The summed E-state index contributed by atoms with van der Waals surface area (Å²) in [7, 11) is -24.9. The van der Waals surface area contributed by atoms with Crippen LogP contribution in [-0.4, -0.2) is 171 Å². The summed E-state index contributed by atoms with van der Waals surface area (Å²) in [4.78, 5) is -11.7. The van der Waals surface area contributed by atoms with Crippen LogP contribution in [-0.2, 0) is 42.9 Å². The van der Waals surface area contributed by atoms with Gasteiger partial charge in [-0.1, -0.05) is 24.3 Å². The molecule has 0 aliphatic carbocycles. The van der Waals surface area contributed by atoms with Crippen molar-refractivity contribution in [3.8, 4) is 0 Å². The lowest BCUT2D eigenvalue weighted by molar-refractivity contribution is -0.433. The molecule has 54 heteroatoms. The first-order chi connectivity index (χ1) is 38.0. The molecule has 0 N–H and O–H groups in total. The van der Waals surface area contributed by atoms with Crippen LogP contribution >= 0.6 is 0 Å². The molecule has 2 aromatic rings. The lowest BCUT2D eigenvalue weighted by Gasteiger charge is -2.41. The average Bonchev–Trinajstić information content (AvgIpc) is 0.770. The van der Waals surface area contributed by atoms with E-state index in [1.54, 1.807) is 0 Å². The Kier molecular flexibility index (Phi) is 20.2. The minimum Gasteiger partial charge on any atom is -0.260 e. The summed E-state index contributed by atoms with van der Waals surface area (Å²) in [6.07, 6.45) is -19.2. The summed E-state index contributed by atoms with van der Waals surface area (Å²) in [6, 6.07) is -1.70. The first-order valence-electron chi connectivity index (χ1n) is 19.9. The van der Waals surface area contributed by atoms with Crippen molar-refractivity contribution in [2.24, 2.45) is 0 Å². The van der Waals surface area contributed by atoms with Crippen molar-refractivity contribution in [1.82, 2.24) is 0 Å². The van der Waals surface area contributed by atoms with Gasteiger partial charge in [-0.3, -0.25) is 12.5 Å². The molecule has 0 atom stereocenters. The standard InChI is InChI=1S/C34H14F42O9S3/c35-14(36)20(47,48)26(59,60)32(71,72)29(65,66)23(53,54)17(41,42)6-83-86(77,78)11-5-9-3-1-2-4-10(9)12(87(79,80)84-7-18(43,44)24(55,56)30(67,68)33(73,74)27(61,62)21(49,50)15(37)38)13(11)88(81,82)85-8-19(45,46)25(57,58)31(69,70)34(75,76)28(63,64)22(51,52)16(39)40/h1-5,14-16H,6-8H2. The molecule has 0 saturated heterocycles. The lowest BCUT2D eigenvalue weighted by atomic mass is 9.91. The van der Waals surface area contributed by atoms with Gasteiger partial charge in [0.2, 0.25) is 0 Å². The summed E-state index contributed by atoms with van der Waals surface area (Å²) in [5.74, 6) is -156. The molecule has 0 bridgehead atoms. The van der Waals surface area contributed by atoms with Gasteiger partial charge in [-0.05, 0) is 11.5 Å². The molecule has 0 aromatic heterocycles. The molecule has 2 rings (SSSR count). The van der Waals surface area contributed by atoms with Crippen LogP contribution in [0.25, 0.3) is 10.8 Å². The number of benzene rings is 2. The van der Waals surface area contributed by atoms with E-state index in [1.165, 1.54) is 0 Å². The first kappa shape index (κ1) is 79.6. The third-order valence-electron chi connectivity index (χ3n) is 10.9. The Hall–Kier alpha value is -4.51. The quantitative estimate of drug-likeness (QED) is 0.0554. The van der Waals surface area contributed by atoms with Crippen molar-refractivity contribution >= 4 is 41.1 Å². The zero-order chi connectivity index (χ0) is 70.9. The number of hydrogen-bond donors (Lipinski definition) is 0. The van der Waals surface area contributed by atoms with Gasteiger partial charge in [-0.2, -0.15) is 183 Å². The van der Waals surface area contributed by atoms with Crippen LogP contribution in [0.2, 0.25) is 0 Å². The molecular weight excluding hydrogens is 1450 g/mol. The maximum absolute atomic E-state index is 14.9. The Balaban J connectivity index is 3.24. The Morgan fingerprint density at radius 3 is 0.761 bits per heavy atom. The molecule has 0 radical (unpaired) electrons. The minimum absolute atomic E-state index is 0.0202. The molecule has 0 aliphatic heterocycles. The second-order valence-corrected chi connectivity index (χ2v) is 21.4. The third kappa shape index (κ3) is 11.5. The Labute approximate surface area is 454 Å². The Morgan fingerprint density at radius 2 is 0.511 bits per heavy atom. The molecule has 2 aromatic carbocycles. The molecule has 0 amide bonds. The zero-order valence-electron chi connectivity index (χ0n) is 39.0. The van der Waals surface area contributed by atoms with E-state index < -0.39 is 214 Å². The van der Waals surface area contributed by atoms with Crippen LogP contribution in [0, 0.1) is 0 Å². The normalized spacial score (nSPS) is 16.2. The summed E-state index contributed by atoms with van der Waals surface area (Å²) in [5.41, 5.74) is 0. The predicted octanol–water partition coefficient (Wildman–Crippen LogP) is 14.2. The number of halogens is 42. The fraction of sp³-hybridized carbons (Fsp3) is 0.706. The lowest BCUT2D eigenvalue weighted by Crippen LogP contribution is -2.72. The van der Waals surface area contributed by atoms with E-state index in [2.05, 4.69) is 12.5 Å². The van der Waals surface area contributed by atoms with Crippen molar-refractivity contribution in [2.75, 3.05) is 19.8 Å². The minimum atomic E-state index is -9.17. The van der Waals surface area contributed by atoms with Crippen molar-refractivity contribution in [3.05, 3.63) is 30.3 Å². The van der Waals surface area contributed by atoms with Crippen LogP contribution in [0.5, 0.6) is 0 Å². The molecule has 0 fully saturated rings. The highest BCUT2D eigenvalue weighted by Crippen LogP contribution is 2.65. The maximum atomic E-state index is 14.9. The first-order valence-corrected chi connectivity index (χ1v) is 24.1. The van der Waals surface area contributed by atoms with Crippen LogP contribution < -0.4 is 0 Å². The van der Waals surface area contributed by atoms with Gasteiger partial charge in [0.25, 0.3) is 30.4 Å². The summed E-state index contributed by atoms with van der Waals surface area (Å²) in [5, 5.41) is -4.41. The van der Waals surface area contributed by atoms with Gasteiger partial charge < -0.3 is 0 Å². The third-order valence-corrected chi connectivity index (χ3v) is 15.1. The summed E-state index contributed by atoms with van der Waals surface area (Å²) >= 11 is 0. The topological polar surface area (TPSA) is 130 Å². The highest BCUT2D eigenvalue weighted by molar-refractivity contribution is 7.91. The van der Waals surface area contributed by atoms with E-state index in [0.717, 1.165) is 0 Å². The summed E-state index contributed by atoms with van der Waals surface area (Å²) < 4.78 is 673. The molecule has 0 aliphatic rings. The van der Waals surface area contributed by atoms with Crippen molar-refractivity contribution < 1.29 is 222 Å². The van der Waals surface area contributed by atoms with Gasteiger partial charge >= 0.3 is 126 Å². The Morgan fingerprint density at radius 1 is 0.295 bits per heavy atom. The van der Waals surface area contributed by atoms with Crippen LogP contribution in [0.15, 0.2) is 45.0 Å². The second-order valence-electron chi connectivity index (χ2n) is 16.7. The second kappa shape index (κ2) is 22.4. The van der Waals surface area contributed by atoms with Gasteiger partial charge in [0.05, 0.1) is 0 Å². The van der Waals surface area contributed by atoms with Gasteiger partial charge in [-0.15, -0.1) is 0 Å². The van der Waals surface area contributed by atoms with Crippen molar-refractivity contribution in [2.45, 2.75) is 141 Å². The van der Waals surface area contributed by atoms with Crippen molar-refractivity contribution in [3.63, 3.8) is 0 Å². The van der Waals surface area contributed by atoms with E-state index in [-0.39, 0.29) is 18.2 Å². The van der Waals surface area contributed by atoms with Crippen LogP contribution in [0.4, 0.5) is 184 Å². The van der Waals surface area contributed by atoms with E-state index >= 15 is 0 Å². The van der Waals surface area contributed by atoms with Gasteiger partial charge in [0.1, 0.15) is 34.5 Å². The molecule has 9 nitrogen and oxygen atoms in total. The zero-order valence-corrected chi connectivity index (χ0v) is 41.5. The largest absolute Gasteiger partial charge is 0.384 e. The molecular formula is C34H14F42O9S3. The highest BCUT2D eigenvalue weighted by Gasteiger charge is 2.94. The SMILES string of the molecule is O=S(=O)(OCC(F)(F)C(F)(F)C(F)(F)C(F)(F)C(F)(F)C(F)(F)C(F)F)c1cc2ccccc2c(S(=O)(=O)OCC(F)(F)C(F)(F)C(F)(F)C(F)(F)C(F)(F)C(F)(F)C(F)F)c1S(=O)(=O)OCC(F)(F)C(F)(F)C(F)(F)C(F)(F)C(F)(F)C(F)(F)C(F)F. The van der Waals surface area contributed by atoms with E-state index in [0.29, 0.717) is 0 Å². The molecule has 0 heterocycles. The fourth-order valence-corrected chi connectivity index (χ4v) is 10.4. The number of fused-ring (bicyclic) bond motifs is 1. The van der Waals surface area contributed by atoms with Crippen molar-refractivity contribution in [1.29, 1.82) is 0 Å². The smallest absolute Gasteiger partial charge is 0.260 e. The van der Waals surface area contributed by atoms with E-state index in [4.69, 9.17) is 0 Å².